The summed E-state index contributed by atoms with van der Waals surface area (Å²) in [5, 5.41) is 5.47. The summed E-state index contributed by atoms with van der Waals surface area (Å²) < 4.78 is 30.7. The first-order valence-corrected chi connectivity index (χ1v) is 11.6. The van der Waals surface area contributed by atoms with E-state index in [9.17, 15) is 8.42 Å². The van der Waals surface area contributed by atoms with E-state index in [0.717, 1.165) is 16.5 Å². The molecule has 0 amide bonds. The molecule has 0 aliphatic heterocycles. The topological polar surface area (TPSA) is 76.9 Å². The summed E-state index contributed by atoms with van der Waals surface area (Å²) in [6, 6.07) is 18.7. The first kappa shape index (κ1) is 21.1. The Labute approximate surface area is 183 Å². The first-order chi connectivity index (χ1) is 14.5. The second kappa shape index (κ2) is 7.50. The predicted octanol–water partition coefficient (Wildman–Crippen LogP) is 5.14. The molecule has 0 radical (unpaired) electrons. The Hall–Kier alpha value is -3.19. The first-order valence-electron chi connectivity index (χ1n) is 10.1. The molecule has 0 atom stereocenters. The summed E-state index contributed by atoms with van der Waals surface area (Å²) in [5.41, 5.74) is 3.23. The zero-order chi connectivity index (χ0) is 22.4. The van der Waals surface area contributed by atoms with Crippen molar-refractivity contribution in [1.29, 1.82) is 0 Å². The lowest BCUT2D eigenvalue weighted by molar-refractivity contribution is 0.586. The fourth-order valence-corrected chi connectivity index (χ4v) is 4.79. The van der Waals surface area contributed by atoms with Crippen LogP contribution in [0.15, 0.2) is 65.6 Å². The molecule has 2 aromatic heterocycles. The van der Waals surface area contributed by atoms with Crippen LogP contribution in [0.2, 0.25) is 0 Å². The van der Waals surface area contributed by atoms with Crippen LogP contribution in [0.5, 0.6) is 0 Å². The number of anilines is 1. The number of hydrogen-bond acceptors (Lipinski definition) is 4. The smallest absolute Gasteiger partial charge is 0.263 e. The van der Waals surface area contributed by atoms with Gasteiger partial charge in [0, 0.05) is 11.5 Å². The Morgan fingerprint density at radius 3 is 2.39 bits per heavy atom. The lowest BCUT2D eigenvalue weighted by Gasteiger charge is -2.20. The Morgan fingerprint density at radius 2 is 1.68 bits per heavy atom. The van der Waals surface area contributed by atoms with Crippen LogP contribution in [0, 0.1) is 13.8 Å². The average molecular weight is 435 g/mol. The van der Waals surface area contributed by atoms with E-state index in [1.807, 2.05) is 62.4 Å². The number of aryl methyl sites for hydroxylation is 2. The molecule has 0 bridgehead atoms. The van der Waals surface area contributed by atoms with Crippen molar-refractivity contribution in [3.05, 3.63) is 77.5 Å². The summed E-state index contributed by atoms with van der Waals surface area (Å²) in [6.07, 6.45) is 0. The highest BCUT2D eigenvalue weighted by Crippen LogP contribution is 2.28. The number of para-hydroxylation sites is 1. The number of hydrogen-bond donors (Lipinski definition) is 1. The molecule has 0 fully saturated rings. The van der Waals surface area contributed by atoms with E-state index in [1.54, 1.807) is 12.1 Å². The van der Waals surface area contributed by atoms with Gasteiger partial charge < -0.3 is 0 Å². The molecule has 7 heteroatoms. The highest BCUT2D eigenvalue weighted by atomic mass is 32.2. The number of rotatable bonds is 4. The second-order valence-electron chi connectivity index (χ2n) is 8.78. The third kappa shape index (κ3) is 4.18. The van der Waals surface area contributed by atoms with Crippen molar-refractivity contribution >= 4 is 26.7 Å². The SMILES string of the molecule is Cc1cc(NS(=O)(=O)c2ccc(C(C)(C)C)cc2C)n(-c2ccc3ccccc3n2)n1. The van der Waals surface area contributed by atoms with Gasteiger partial charge in [-0.15, -0.1) is 0 Å². The molecule has 6 nitrogen and oxygen atoms in total. The zero-order valence-corrected chi connectivity index (χ0v) is 19.2. The minimum Gasteiger partial charge on any atom is -0.263 e. The predicted molar refractivity (Wildman–Crippen MR) is 124 cm³/mol. The van der Waals surface area contributed by atoms with Gasteiger partial charge in [-0.3, -0.25) is 4.72 Å². The quantitative estimate of drug-likeness (QED) is 0.483. The summed E-state index contributed by atoms with van der Waals surface area (Å²) >= 11 is 0. The highest BCUT2D eigenvalue weighted by molar-refractivity contribution is 7.92. The van der Waals surface area contributed by atoms with E-state index in [-0.39, 0.29) is 10.3 Å². The maximum Gasteiger partial charge on any atom is 0.263 e. The number of pyridine rings is 1. The van der Waals surface area contributed by atoms with E-state index in [1.165, 1.54) is 4.68 Å². The van der Waals surface area contributed by atoms with Gasteiger partial charge in [-0.2, -0.15) is 9.78 Å². The highest BCUT2D eigenvalue weighted by Gasteiger charge is 2.22. The van der Waals surface area contributed by atoms with Crippen molar-refractivity contribution < 1.29 is 8.42 Å². The maximum atomic E-state index is 13.2. The maximum absolute atomic E-state index is 13.2. The van der Waals surface area contributed by atoms with Gasteiger partial charge in [-0.05, 0) is 54.7 Å². The molecular weight excluding hydrogens is 408 g/mol. The van der Waals surface area contributed by atoms with Gasteiger partial charge in [-0.25, -0.2) is 13.4 Å². The number of benzene rings is 2. The van der Waals surface area contributed by atoms with E-state index in [4.69, 9.17) is 0 Å². The van der Waals surface area contributed by atoms with Crippen LogP contribution in [0.3, 0.4) is 0 Å². The monoisotopic (exact) mass is 434 g/mol. The van der Waals surface area contributed by atoms with Crippen LogP contribution in [0.1, 0.15) is 37.6 Å². The molecule has 0 aliphatic carbocycles. The van der Waals surface area contributed by atoms with Crippen LogP contribution < -0.4 is 4.72 Å². The van der Waals surface area contributed by atoms with Gasteiger partial charge in [-0.1, -0.05) is 51.1 Å². The van der Waals surface area contributed by atoms with Gasteiger partial charge in [0.25, 0.3) is 10.0 Å². The van der Waals surface area contributed by atoms with E-state index < -0.39 is 10.0 Å². The van der Waals surface area contributed by atoms with Crippen molar-refractivity contribution in [2.75, 3.05) is 4.72 Å². The fourth-order valence-electron chi connectivity index (χ4n) is 3.53. The Bertz CT molecular complexity index is 1380. The van der Waals surface area contributed by atoms with Crippen molar-refractivity contribution in [1.82, 2.24) is 14.8 Å². The number of sulfonamides is 1. The summed E-state index contributed by atoms with van der Waals surface area (Å²) in [5.74, 6) is 0.892. The molecule has 4 rings (SSSR count). The lowest BCUT2D eigenvalue weighted by Crippen LogP contribution is -2.18. The van der Waals surface area contributed by atoms with Crippen molar-refractivity contribution in [3.63, 3.8) is 0 Å². The minimum absolute atomic E-state index is 0.0576. The van der Waals surface area contributed by atoms with Crippen LogP contribution in [0.25, 0.3) is 16.7 Å². The van der Waals surface area contributed by atoms with E-state index in [2.05, 4.69) is 35.6 Å². The zero-order valence-electron chi connectivity index (χ0n) is 18.3. The molecule has 0 spiro atoms. The third-order valence-electron chi connectivity index (χ3n) is 5.20. The lowest BCUT2D eigenvalue weighted by atomic mass is 9.86. The molecule has 0 saturated carbocycles. The van der Waals surface area contributed by atoms with Crippen molar-refractivity contribution in [3.8, 4) is 5.82 Å². The normalized spacial score (nSPS) is 12.3. The molecule has 2 aromatic carbocycles. The van der Waals surface area contributed by atoms with Crippen molar-refractivity contribution in [2.24, 2.45) is 0 Å². The Balaban J connectivity index is 1.73. The Morgan fingerprint density at radius 1 is 0.935 bits per heavy atom. The molecule has 0 unspecified atom stereocenters. The van der Waals surface area contributed by atoms with Crippen LogP contribution in [-0.2, 0) is 15.4 Å². The molecule has 0 saturated heterocycles. The molecule has 0 aliphatic rings. The Kier molecular flexibility index (Phi) is 5.09. The second-order valence-corrected chi connectivity index (χ2v) is 10.4. The summed E-state index contributed by atoms with van der Waals surface area (Å²) in [4.78, 5) is 4.89. The van der Waals surface area contributed by atoms with Gasteiger partial charge in [0.15, 0.2) is 5.82 Å². The molecule has 2 heterocycles. The molecule has 160 valence electrons. The van der Waals surface area contributed by atoms with Crippen LogP contribution in [-0.4, -0.2) is 23.2 Å². The van der Waals surface area contributed by atoms with Gasteiger partial charge in [0.05, 0.1) is 16.1 Å². The minimum atomic E-state index is -3.80. The molecule has 1 N–H and O–H groups in total. The fraction of sp³-hybridized carbons (Fsp3) is 0.250. The van der Waals surface area contributed by atoms with Crippen LogP contribution >= 0.6 is 0 Å². The molecule has 31 heavy (non-hydrogen) atoms. The van der Waals surface area contributed by atoms with E-state index >= 15 is 0 Å². The van der Waals surface area contributed by atoms with Gasteiger partial charge in [0.1, 0.15) is 5.82 Å². The van der Waals surface area contributed by atoms with Crippen LogP contribution in [0.4, 0.5) is 5.82 Å². The standard InChI is InChI=1S/C24H26N4O2S/c1-16-14-19(24(3,4)5)11-12-21(16)31(29,30)27-23-15-17(2)26-28(23)22-13-10-18-8-6-7-9-20(18)25-22/h6-15,27H,1-5H3. The number of fused-ring (bicyclic) bond motifs is 1. The average Bonchev–Trinajstić information content (AvgIpc) is 3.06. The summed E-state index contributed by atoms with van der Waals surface area (Å²) in [6.45, 7) is 9.94. The molecular formula is C24H26N4O2S. The van der Waals surface area contributed by atoms with Gasteiger partial charge in [0.2, 0.25) is 0 Å². The largest absolute Gasteiger partial charge is 0.263 e. The van der Waals surface area contributed by atoms with Crippen molar-refractivity contribution in [2.45, 2.75) is 44.9 Å². The van der Waals surface area contributed by atoms with Gasteiger partial charge >= 0.3 is 0 Å². The number of nitrogens with zero attached hydrogens (tertiary/aromatic N) is 3. The molecule has 4 aromatic rings. The third-order valence-corrected chi connectivity index (χ3v) is 6.72. The van der Waals surface area contributed by atoms with E-state index in [0.29, 0.717) is 22.9 Å². The number of aromatic nitrogens is 3. The number of nitrogens with one attached hydrogen (secondary N) is 1. The summed E-state index contributed by atoms with van der Waals surface area (Å²) in [7, 11) is -3.80.